The molecule has 0 fully saturated rings. The Kier molecular flexibility index (Phi) is 6.60. The van der Waals surface area contributed by atoms with Crippen LogP contribution in [0.25, 0.3) is 0 Å². The molecule has 0 aliphatic heterocycles. The lowest BCUT2D eigenvalue weighted by molar-refractivity contribution is -0.692. The fourth-order valence-electron chi connectivity index (χ4n) is 2.51. The number of carbonyl (C=O) groups is 1. The Morgan fingerprint density at radius 3 is 2.46 bits per heavy atom. The molecule has 0 bridgehead atoms. The minimum absolute atomic E-state index is 0.0613. The quantitative estimate of drug-likeness (QED) is 0.792. The molecular weight excluding hydrogens is 350 g/mol. The minimum Gasteiger partial charge on any atom is -0.332 e. The smallest absolute Gasteiger partial charge is 0.279 e. The average molecular weight is 370 g/mol. The summed E-state index contributed by atoms with van der Waals surface area (Å²) >= 11 is 12.0. The number of anilines is 1. The lowest BCUT2D eigenvalue weighted by Gasteiger charge is -2.19. The highest BCUT2D eigenvalue weighted by molar-refractivity contribution is 6.43. The van der Waals surface area contributed by atoms with Crippen molar-refractivity contribution in [2.24, 2.45) is 5.92 Å². The van der Waals surface area contributed by atoms with E-state index in [1.54, 1.807) is 30.3 Å². The van der Waals surface area contributed by atoms with Gasteiger partial charge in [-0.3, -0.25) is 4.79 Å². The second-order valence-electron chi connectivity index (χ2n) is 5.91. The summed E-state index contributed by atoms with van der Waals surface area (Å²) in [5.74, 6) is -0.153. The van der Waals surface area contributed by atoms with Gasteiger partial charge in [-0.1, -0.05) is 55.2 Å². The van der Waals surface area contributed by atoms with Gasteiger partial charge in [-0.05, 0) is 24.3 Å². The summed E-state index contributed by atoms with van der Waals surface area (Å²) < 4.78 is 13.1. The predicted octanol–water partition coefficient (Wildman–Crippen LogP) is 4.03. The van der Waals surface area contributed by atoms with Crippen molar-refractivity contribution in [2.75, 3.05) is 11.9 Å². The first-order valence-corrected chi connectivity index (χ1v) is 8.46. The highest BCUT2D eigenvalue weighted by atomic mass is 35.5. The first kappa shape index (κ1) is 18.7. The standard InChI is InChI=1S/C18H19Cl2FN2O/c1-11(2)18(12-6-8-13(21)9-7-12)22-10-16(24)23-15-5-3-4-14(19)17(15)20/h3-9,11,18,22H,10H2,1-2H3,(H,23,24)/p+1/t18-/m0/s1. The van der Waals surface area contributed by atoms with Crippen LogP contribution in [0.5, 0.6) is 0 Å². The van der Waals surface area contributed by atoms with E-state index in [-0.39, 0.29) is 30.2 Å². The van der Waals surface area contributed by atoms with Crippen molar-refractivity contribution in [3.05, 3.63) is 63.9 Å². The van der Waals surface area contributed by atoms with E-state index in [1.807, 2.05) is 5.32 Å². The van der Waals surface area contributed by atoms with Gasteiger partial charge in [0.2, 0.25) is 0 Å². The average Bonchev–Trinajstić information content (AvgIpc) is 2.53. The van der Waals surface area contributed by atoms with Gasteiger partial charge in [-0.2, -0.15) is 0 Å². The van der Waals surface area contributed by atoms with Gasteiger partial charge in [0, 0.05) is 11.5 Å². The van der Waals surface area contributed by atoms with E-state index in [9.17, 15) is 9.18 Å². The fourth-order valence-corrected chi connectivity index (χ4v) is 2.86. The van der Waals surface area contributed by atoms with Gasteiger partial charge < -0.3 is 10.6 Å². The highest BCUT2D eigenvalue weighted by Gasteiger charge is 2.21. The summed E-state index contributed by atoms with van der Waals surface area (Å²) in [6.45, 7) is 4.36. The summed E-state index contributed by atoms with van der Waals surface area (Å²) in [5.41, 5.74) is 1.48. The molecule has 0 saturated heterocycles. The molecule has 0 radical (unpaired) electrons. The number of hydrogen-bond acceptors (Lipinski definition) is 1. The maximum Gasteiger partial charge on any atom is 0.279 e. The van der Waals surface area contributed by atoms with Crippen LogP contribution in [0, 0.1) is 11.7 Å². The summed E-state index contributed by atoms with van der Waals surface area (Å²) in [6.07, 6.45) is 0. The molecule has 0 heterocycles. The van der Waals surface area contributed by atoms with E-state index in [1.165, 1.54) is 12.1 Å². The van der Waals surface area contributed by atoms with Gasteiger partial charge in [0.1, 0.15) is 11.9 Å². The molecule has 2 aromatic rings. The first-order chi connectivity index (χ1) is 11.4. The summed E-state index contributed by atoms with van der Waals surface area (Å²) in [5, 5.41) is 5.41. The Hall–Kier alpha value is -1.62. The van der Waals surface area contributed by atoms with Gasteiger partial charge in [-0.15, -0.1) is 0 Å². The maximum atomic E-state index is 13.1. The lowest BCUT2D eigenvalue weighted by Crippen LogP contribution is -2.88. The fraction of sp³-hybridized carbons (Fsp3) is 0.278. The van der Waals surface area contributed by atoms with Gasteiger partial charge in [0.25, 0.3) is 5.91 Å². The Balaban J connectivity index is 2.00. The normalized spacial score (nSPS) is 12.2. The predicted molar refractivity (Wildman–Crippen MR) is 95.9 cm³/mol. The van der Waals surface area contributed by atoms with Crippen molar-refractivity contribution in [2.45, 2.75) is 19.9 Å². The third-order valence-electron chi connectivity index (χ3n) is 3.76. The monoisotopic (exact) mass is 369 g/mol. The Morgan fingerprint density at radius 1 is 1.17 bits per heavy atom. The van der Waals surface area contributed by atoms with E-state index in [0.717, 1.165) is 5.56 Å². The summed E-state index contributed by atoms with van der Waals surface area (Å²) in [6, 6.07) is 11.5. The van der Waals surface area contributed by atoms with Gasteiger partial charge in [-0.25, -0.2) is 4.39 Å². The third kappa shape index (κ3) is 4.94. The molecule has 0 aromatic heterocycles. The lowest BCUT2D eigenvalue weighted by atomic mass is 9.96. The van der Waals surface area contributed by atoms with Crippen molar-refractivity contribution in [1.82, 2.24) is 0 Å². The van der Waals surface area contributed by atoms with Crippen LogP contribution in [0.4, 0.5) is 10.1 Å². The molecule has 128 valence electrons. The van der Waals surface area contributed by atoms with Gasteiger partial charge in [0.15, 0.2) is 6.54 Å². The van der Waals surface area contributed by atoms with Gasteiger partial charge in [0.05, 0.1) is 15.7 Å². The number of quaternary nitrogens is 1. The van der Waals surface area contributed by atoms with Crippen molar-refractivity contribution >= 4 is 34.8 Å². The van der Waals surface area contributed by atoms with E-state index in [0.29, 0.717) is 15.7 Å². The topological polar surface area (TPSA) is 45.7 Å². The largest absolute Gasteiger partial charge is 0.332 e. The number of hydrogen-bond donors (Lipinski definition) is 2. The summed E-state index contributed by atoms with van der Waals surface area (Å²) in [7, 11) is 0. The number of amides is 1. The highest BCUT2D eigenvalue weighted by Crippen LogP contribution is 2.29. The Morgan fingerprint density at radius 2 is 1.83 bits per heavy atom. The zero-order chi connectivity index (χ0) is 17.7. The van der Waals surface area contributed by atoms with Gasteiger partial charge >= 0.3 is 0 Å². The first-order valence-electron chi connectivity index (χ1n) is 7.71. The summed E-state index contributed by atoms with van der Waals surface area (Å²) in [4.78, 5) is 12.2. The van der Waals surface area contributed by atoms with Crippen LogP contribution in [-0.4, -0.2) is 12.5 Å². The molecule has 0 aliphatic rings. The number of benzene rings is 2. The zero-order valence-electron chi connectivity index (χ0n) is 13.5. The van der Waals surface area contributed by atoms with E-state index in [2.05, 4.69) is 19.2 Å². The number of rotatable bonds is 6. The van der Waals surface area contributed by atoms with Crippen LogP contribution in [0.1, 0.15) is 25.5 Å². The molecular formula is C18H20Cl2FN2O+. The van der Waals surface area contributed by atoms with Crippen LogP contribution in [-0.2, 0) is 4.79 Å². The van der Waals surface area contributed by atoms with E-state index in [4.69, 9.17) is 23.2 Å². The molecule has 3 nitrogen and oxygen atoms in total. The molecule has 6 heteroatoms. The van der Waals surface area contributed by atoms with Crippen LogP contribution in [0.15, 0.2) is 42.5 Å². The van der Waals surface area contributed by atoms with Crippen molar-refractivity contribution in [3.63, 3.8) is 0 Å². The number of nitrogens with two attached hydrogens (primary N) is 1. The zero-order valence-corrected chi connectivity index (χ0v) is 15.0. The molecule has 0 aliphatic carbocycles. The second-order valence-corrected chi connectivity index (χ2v) is 6.70. The third-order valence-corrected chi connectivity index (χ3v) is 4.57. The Labute approximate surface area is 151 Å². The number of halogens is 3. The molecule has 0 spiro atoms. The second kappa shape index (κ2) is 8.47. The SMILES string of the molecule is CC(C)[C@H]([NH2+]CC(=O)Nc1cccc(Cl)c1Cl)c1ccc(F)cc1. The minimum atomic E-state index is -0.269. The molecule has 0 unspecified atom stereocenters. The van der Waals surface area contributed by atoms with Crippen molar-refractivity contribution < 1.29 is 14.5 Å². The Bertz CT molecular complexity index is 705. The van der Waals surface area contributed by atoms with Crippen molar-refractivity contribution in [1.29, 1.82) is 0 Å². The van der Waals surface area contributed by atoms with E-state index < -0.39 is 0 Å². The van der Waals surface area contributed by atoms with Crippen LogP contribution in [0.2, 0.25) is 10.0 Å². The molecule has 2 rings (SSSR count). The molecule has 24 heavy (non-hydrogen) atoms. The molecule has 3 N–H and O–H groups in total. The van der Waals surface area contributed by atoms with Crippen LogP contribution >= 0.6 is 23.2 Å². The number of nitrogens with one attached hydrogen (secondary N) is 1. The number of carbonyl (C=O) groups excluding carboxylic acids is 1. The molecule has 1 amide bonds. The molecule has 0 saturated carbocycles. The van der Waals surface area contributed by atoms with E-state index >= 15 is 0 Å². The van der Waals surface area contributed by atoms with Crippen LogP contribution < -0.4 is 10.6 Å². The molecule has 1 atom stereocenters. The molecule has 2 aromatic carbocycles. The van der Waals surface area contributed by atoms with Crippen molar-refractivity contribution in [3.8, 4) is 0 Å². The van der Waals surface area contributed by atoms with Crippen LogP contribution in [0.3, 0.4) is 0 Å². The maximum absolute atomic E-state index is 13.1.